The van der Waals surface area contributed by atoms with Crippen LogP contribution in [0.2, 0.25) is 0 Å². The molecule has 1 nitrogen and oxygen atoms in total. The summed E-state index contributed by atoms with van der Waals surface area (Å²) >= 11 is 0. The molecule has 0 bridgehead atoms. The minimum Gasteiger partial charge on any atom is -0.300 e. The summed E-state index contributed by atoms with van der Waals surface area (Å²) in [4.78, 5) is 10.8. The lowest BCUT2D eigenvalue weighted by Gasteiger charge is -2.18. The highest BCUT2D eigenvalue weighted by Crippen LogP contribution is 2.21. The second-order valence-electron chi connectivity index (χ2n) is 4.34. The summed E-state index contributed by atoms with van der Waals surface area (Å²) in [7, 11) is 0.500. The van der Waals surface area contributed by atoms with Gasteiger partial charge in [-0.05, 0) is 25.2 Å². The fraction of sp³-hybridized carbons (Fsp3) is 0.933. The molecule has 0 N–H and O–H groups in total. The van der Waals surface area contributed by atoms with Gasteiger partial charge in [-0.25, -0.2) is 0 Å². The SMILES string of the molecule is CC.CCCCC(C)C(C)CCC(C)=O.CF. The van der Waals surface area contributed by atoms with Gasteiger partial charge >= 0.3 is 0 Å². The smallest absolute Gasteiger partial charge is 0.129 e. The molecule has 2 heteroatoms. The lowest BCUT2D eigenvalue weighted by atomic mass is 9.87. The monoisotopic (exact) mass is 248 g/mol. The Bertz CT molecular complexity index is 146. The number of rotatable bonds is 7. The maximum atomic E-state index is 10.8. The highest BCUT2D eigenvalue weighted by atomic mass is 19.1. The number of unbranched alkanes of at least 4 members (excludes halogenated alkanes) is 1. The predicted molar refractivity (Wildman–Crippen MR) is 76.1 cm³/mol. The topological polar surface area (TPSA) is 17.1 Å². The van der Waals surface area contributed by atoms with Crippen LogP contribution in [0.5, 0.6) is 0 Å². The van der Waals surface area contributed by atoms with Crippen LogP contribution in [-0.4, -0.2) is 13.0 Å². The van der Waals surface area contributed by atoms with Crippen molar-refractivity contribution < 1.29 is 9.18 Å². The van der Waals surface area contributed by atoms with Crippen LogP contribution in [0.4, 0.5) is 4.39 Å². The zero-order valence-electron chi connectivity index (χ0n) is 13.0. The number of alkyl halides is 1. The summed E-state index contributed by atoms with van der Waals surface area (Å²) in [5.41, 5.74) is 0. The molecule has 0 fully saturated rings. The predicted octanol–water partition coefficient (Wildman–Crippen LogP) is 5.43. The molecule has 0 aliphatic carbocycles. The summed E-state index contributed by atoms with van der Waals surface area (Å²) in [5, 5.41) is 0. The van der Waals surface area contributed by atoms with Gasteiger partial charge in [0.1, 0.15) is 5.78 Å². The first-order valence-electron chi connectivity index (χ1n) is 6.95. The summed E-state index contributed by atoms with van der Waals surface area (Å²) in [6, 6.07) is 0. The van der Waals surface area contributed by atoms with E-state index in [1.54, 1.807) is 6.92 Å². The minimum absolute atomic E-state index is 0.328. The Morgan fingerprint density at radius 2 is 1.47 bits per heavy atom. The highest BCUT2D eigenvalue weighted by Gasteiger charge is 2.11. The Balaban J connectivity index is -0.000000439. The van der Waals surface area contributed by atoms with E-state index in [1.165, 1.54) is 19.3 Å². The molecule has 0 aliphatic heterocycles. The third kappa shape index (κ3) is 18.2. The molecule has 0 aromatic heterocycles. The van der Waals surface area contributed by atoms with E-state index in [9.17, 15) is 9.18 Å². The number of carbonyl (C=O) groups excluding carboxylic acids is 1. The Labute approximate surface area is 108 Å². The average Bonchev–Trinajstić information content (AvgIpc) is 2.37. The Hall–Kier alpha value is -0.400. The van der Waals surface area contributed by atoms with Crippen LogP contribution in [0.1, 0.15) is 73.6 Å². The van der Waals surface area contributed by atoms with Crippen LogP contribution < -0.4 is 0 Å². The van der Waals surface area contributed by atoms with Crippen molar-refractivity contribution in [2.45, 2.75) is 73.6 Å². The van der Waals surface area contributed by atoms with Gasteiger partial charge in [0.25, 0.3) is 0 Å². The first-order valence-corrected chi connectivity index (χ1v) is 6.95. The molecule has 2 unspecified atom stereocenters. The molecular weight excluding hydrogens is 215 g/mol. The molecule has 106 valence electrons. The van der Waals surface area contributed by atoms with Gasteiger partial charge in [-0.3, -0.25) is 4.39 Å². The van der Waals surface area contributed by atoms with Crippen LogP contribution in [0.3, 0.4) is 0 Å². The van der Waals surface area contributed by atoms with Crippen molar-refractivity contribution in [3.05, 3.63) is 0 Å². The molecule has 0 heterocycles. The van der Waals surface area contributed by atoms with Crippen LogP contribution in [0.25, 0.3) is 0 Å². The van der Waals surface area contributed by atoms with Gasteiger partial charge in [0, 0.05) is 6.42 Å². The third-order valence-electron chi connectivity index (χ3n) is 2.94. The van der Waals surface area contributed by atoms with E-state index in [0.29, 0.717) is 18.9 Å². The standard InChI is InChI=1S/C12H24O.C2H6.CH3F/c1-5-6-7-10(2)11(3)8-9-12(4)13;2*1-2/h10-11H,5-9H2,1-4H3;1-2H3;1H3. The maximum absolute atomic E-state index is 10.8. The van der Waals surface area contributed by atoms with Crippen molar-refractivity contribution in [3.8, 4) is 0 Å². The number of halogens is 1. The van der Waals surface area contributed by atoms with Crippen LogP contribution in [-0.2, 0) is 4.79 Å². The molecule has 0 aliphatic rings. The van der Waals surface area contributed by atoms with Crippen molar-refractivity contribution in [2.24, 2.45) is 11.8 Å². The van der Waals surface area contributed by atoms with E-state index in [2.05, 4.69) is 20.8 Å². The molecule has 0 radical (unpaired) electrons. The highest BCUT2D eigenvalue weighted by molar-refractivity contribution is 5.75. The van der Waals surface area contributed by atoms with E-state index < -0.39 is 0 Å². The van der Waals surface area contributed by atoms with Gasteiger partial charge in [-0.2, -0.15) is 0 Å². The largest absolute Gasteiger partial charge is 0.300 e. The summed E-state index contributed by atoms with van der Waals surface area (Å²) < 4.78 is 9.50. The van der Waals surface area contributed by atoms with Gasteiger partial charge in [0.15, 0.2) is 0 Å². The molecule has 0 rings (SSSR count). The second-order valence-corrected chi connectivity index (χ2v) is 4.34. The first-order chi connectivity index (χ1) is 8.07. The molecule has 2 atom stereocenters. The zero-order chi connectivity index (χ0) is 14.3. The minimum atomic E-state index is 0.328. The van der Waals surface area contributed by atoms with Gasteiger partial charge in [0.05, 0.1) is 7.18 Å². The fourth-order valence-corrected chi connectivity index (χ4v) is 1.53. The molecule has 0 saturated carbocycles. The number of hydrogen-bond acceptors (Lipinski definition) is 1. The molecule has 17 heavy (non-hydrogen) atoms. The number of hydrogen-bond donors (Lipinski definition) is 0. The zero-order valence-corrected chi connectivity index (χ0v) is 13.0. The van der Waals surface area contributed by atoms with E-state index in [4.69, 9.17) is 0 Å². The van der Waals surface area contributed by atoms with Crippen LogP contribution >= 0.6 is 0 Å². The van der Waals surface area contributed by atoms with Gasteiger partial charge in [-0.15, -0.1) is 0 Å². The molecule has 0 saturated heterocycles. The quantitative estimate of drug-likeness (QED) is 0.587. The van der Waals surface area contributed by atoms with E-state index in [0.717, 1.165) is 18.8 Å². The Morgan fingerprint density at radius 1 is 1.06 bits per heavy atom. The lowest BCUT2D eigenvalue weighted by molar-refractivity contribution is -0.117. The van der Waals surface area contributed by atoms with E-state index in [1.807, 2.05) is 13.8 Å². The Kier molecular flexibility index (Phi) is 23.1. The van der Waals surface area contributed by atoms with E-state index >= 15 is 0 Å². The number of ketones is 1. The van der Waals surface area contributed by atoms with Gasteiger partial charge < -0.3 is 4.79 Å². The summed E-state index contributed by atoms with van der Waals surface area (Å²) in [6.45, 7) is 12.5. The van der Waals surface area contributed by atoms with Crippen LogP contribution in [0.15, 0.2) is 0 Å². The molecule has 0 spiro atoms. The Morgan fingerprint density at radius 3 is 1.82 bits per heavy atom. The van der Waals surface area contributed by atoms with Crippen molar-refractivity contribution in [1.29, 1.82) is 0 Å². The number of Topliss-reactive ketones (excluding diaryl/α,β-unsaturated/α-hetero) is 1. The molecule has 0 aromatic carbocycles. The van der Waals surface area contributed by atoms with Crippen molar-refractivity contribution in [2.75, 3.05) is 7.18 Å². The molecule has 0 aromatic rings. The van der Waals surface area contributed by atoms with Gasteiger partial charge in [0.2, 0.25) is 0 Å². The summed E-state index contributed by atoms with van der Waals surface area (Å²) in [6.07, 6.45) is 5.75. The maximum Gasteiger partial charge on any atom is 0.129 e. The third-order valence-corrected chi connectivity index (χ3v) is 2.94. The van der Waals surface area contributed by atoms with Crippen LogP contribution in [0, 0.1) is 11.8 Å². The summed E-state index contributed by atoms with van der Waals surface area (Å²) in [5.74, 6) is 1.81. The molecule has 0 amide bonds. The van der Waals surface area contributed by atoms with E-state index in [-0.39, 0.29) is 0 Å². The van der Waals surface area contributed by atoms with Crippen molar-refractivity contribution >= 4 is 5.78 Å². The normalized spacial score (nSPS) is 12.5. The lowest BCUT2D eigenvalue weighted by Crippen LogP contribution is -2.09. The number of carbonyl (C=O) groups is 1. The van der Waals surface area contributed by atoms with Crippen molar-refractivity contribution in [3.63, 3.8) is 0 Å². The van der Waals surface area contributed by atoms with Crippen molar-refractivity contribution in [1.82, 2.24) is 0 Å². The average molecular weight is 248 g/mol. The second kappa shape index (κ2) is 18.0. The van der Waals surface area contributed by atoms with Gasteiger partial charge in [-0.1, -0.05) is 53.9 Å². The molecular formula is C15H33FO. The first kappa shape index (κ1) is 21.8. The fourth-order valence-electron chi connectivity index (χ4n) is 1.53.